The van der Waals surface area contributed by atoms with Crippen LogP contribution in [-0.4, -0.2) is 39.5 Å². The summed E-state index contributed by atoms with van der Waals surface area (Å²) in [6.45, 7) is -0.0872. The van der Waals surface area contributed by atoms with Gasteiger partial charge in [-0.25, -0.2) is 26.7 Å². The molecule has 1 atom stereocenters. The molecule has 36 heavy (non-hydrogen) atoms. The van der Waals surface area contributed by atoms with Crippen molar-refractivity contribution in [3.05, 3.63) is 69.4 Å². The van der Waals surface area contributed by atoms with Gasteiger partial charge in [-0.2, -0.15) is 4.68 Å². The molecular weight excluding hydrogens is 487 g/mol. The van der Waals surface area contributed by atoms with Crippen molar-refractivity contribution >= 4 is 11.6 Å². The smallest absolute Gasteiger partial charge is 0.350 e. The lowest BCUT2D eigenvalue weighted by atomic mass is 9.85. The molecule has 0 aliphatic heterocycles. The first-order valence-electron chi connectivity index (χ1n) is 11.2. The van der Waals surface area contributed by atoms with Gasteiger partial charge in [-0.05, 0) is 37.5 Å². The summed E-state index contributed by atoms with van der Waals surface area (Å²) < 4.78 is 76.3. The van der Waals surface area contributed by atoms with E-state index < -0.39 is 59.4 Å². The zero-order valence-corrected chi connectivity index (χ0v) is 19.4. The normalized spacial score (nSPS) is 14.6. The number of aromatic nitrogens is 3. The summed E-state index contributed by atoms with van der Waals surface area (Å²) in [5.41, 5.74) is -1.62. The Labute approximate surface area is 202 Å². The van der Waals surface area contributed by atoms with Gasteiger partial charge in [0.05, 0.1) is 11.3 Å². The van der Waals surface area contributed by atoms with Gasteiger partial charge < -0.3 is 10.1 Å². The van der Waals surface area contributed by atoms with Crippen LogP contribution in [0.4, 0.5) is 27.6 Å². The third kappa shape index (κ3) is 4.71. The lowest BCUT2D eigenvalue weighted by molar-refractivity contribution is -0.00158. The number of para-hydroxylation sites is 1. The van der Waals surface area contributed by atoms with E-state index in [2.05, 4.69) is 10.4 Å². The Morgan fingerprint density at radius 1 is 1.22 bits per heavy atom. The number of halogens is 5. The Kier molecular flexibility index (Phi) is 7.14. The number of aryl methyl sites for hydroxylation is 1. The van der Waals surface area contributed by atoms with E-state index in [1.54, 1.807) is 0 Å². The van der Waals surface area contributed by atoms with Gasteiger partial charge in [0.2, 0.25) is 0 Å². The maximum Gasteiger partial charge on any atom is 0.350 e. The lowest BCUT2D eigenvalue weighted by Crippen LogP contribution is -2.29. The minimum atomic E-state index is -3.27. The summed E-state index contributed by atoms with van der Waals surface area (Å²) in [5.74, 6) is -3.12. The molecule has 3 aromatic rings. The number of amides is 1. The minimum absolute atomic E-state index is 0.0199. The number of nitrogens with zero attached hydrogens (tertiary/aromatic N) is 3. The van der Waals surface area contributed by atoms with E-state index in [1.165, 1.54) is 30.7 Å². The second-order valence-electron chi connectivity index (χ2n) is 8.57. The fraction of sp³-hybridized carbons (Fsp3) is 0.375. The molecule has 0 saturated heterocycles. The van der Waals surface area contributed by atoms with Gasteiger partial charge >= 0.3 is 5.69 Å². The molecule has 1 amide bonds. The molecule has 0 bridgehead atoms. The molecule has 0 spiro atoms. The van der Waals surface area contributed by atoms with Crippen LogP contribution >= 0.6 is 0 Å². The third-order valence-corrected chi connectivity index (χ3v) is 6.18. The van der Waals surface area contributed by atoms with Crippen molar-refractivity contribution in [1.29, 1.82) is 0 Å². The van der Waals surface area contributed by atoms with Crippen molar-refractivity contribution in [3.8, 4) is 11.4 Å². The number of anilines is 1. The maximum atomic E-state index is 15.2. The first kappa shape index (κ1) is 25.4. The Bertz CT molecular complexity index is 1330. The number of benzene rings is 2. The zero-order chi connectivity index (χ0) is 26.1. The summed E-state index contributed by atoms with van der Waals surface area (Å²) in [6, 6.07) is 5.51. The van der Waals surface area contributed by atoms with E-state index in [0.717, 1.165) is 36.1 Å². The third-order valence-electron chi connectivity index (χ3n) is 6.18. The molecule has 1 aliphatic carbocycles. The Morgan fingerprint density at radius 2 is 1.94 bits per heavy atom. The highest BCUT2D eigenvalue weighted by Crippen LogP contribution is 2.35. The first-order valence-corrected chi connectivity index (χ1v) is 11.2. The lowest BCUT2D eigenvalue weighted by Gasteiger charge is -2.23. The summed E-state index contributed by atoms with van der Waals surface area (Å²) in [4.78, 5) is 25.7. The molecule has 1 heterocycles. The minimum Gasteiger partial charge on any atom is -0.481 e. The van der Waals surface area contributed by atoms with Crippen LogP contribution in [0.15, 0.2) is 35.1 Å². The predicted octanol–water partition coefficient (Wildman–Crippen LogP) is 4.66. The van der Waals surface area contributed by atoms with Gasteiger partial charge in [0.15, 0.2) is 6.10 Å². The van der Waals surface area contributed by atoms with Crippen LogP contribution < -0.4 is 15.7 Å². The fourth-order valence-electron chi connectivity index (χ4n) is 3.90. The van der Waals surface area contributed by atoms with Gasteiger partial charge in [-0.1, -0.05) is 18.6 Å². The van der Waals surface area contributed by atoms with Crippen molar-refractivity contribution in [2.24, 2.45) is 7.05 Å². The van der Waals surface area contributed by atoms with E-state index in [-0.39, 0.29) is 11.6 Å². The quantitative estimate of drug-likeness (QED) is 0.448. The molecule has 192 valence electrons. The average molecular weight is 510 g/mol. The highest BCUT2D eigenvalue weighted by atomic mass is 19.3. The highest BCUT2D eigenvalue weighted by molar-refractivity contribution is 6.06. The molecule has 0 unspecified atom stereocenters. The van der Waals surface area contributed by atoms with Gasteiger partial charge in [-0.15, -0.1) is 5.10 Å². The molecule has 2 aromatic carbocycles. The van der Waals surface area contributed by atoms with Crippen molar-refractivity contribution in [3.63, 3.8) is 0 Å². The summed E-state index contributed by atoms with van der Waals surface area (Å²) in [5, 5.41) is 6.47. The standard InChI is InChI=1S/C24H23F5N4O3/c1-12-5-3-8-15(26)20(12)30-23(34)14-9-16(27)17(10-18(14)36-19(11-25)21(28)29)33-24(35)32(2)22(31-33)13-6-4-7-13/h3,5,8-10,13,19,21H,4,6-7,11H2,1-2H3,(H,30,34)/t19-/m0/s1. The van der Waals surface area contributed by atoms with Crippen LogP contribution in [0.3, 0.4) is 0 Å². The number of hydrogen-bond donors (Lipinski definition) is 1. The molecule has 1 aromatic heterocycles. The Hall–Kier alpha value is -3.70. The second kappa shape index (κ2) is 10.1. The van der Waals surface area contributed by atoms with Crippen molar-refractivity contribution in [2.45, 2.75) is 44.6 Å². The SMILES string of the molecule is Cc1cccc(F)c1NC(=O)c1cc(F)c(-n2nc(C3CCC3)n(C)c2=O)cc1O[C@@H](CF)C(F)F. The predicted molar refractivity (Wildman–Crippen MR) is 121 cm³/mol. The molecule has 1 N–H and O–H groups in total. The molecule has 1 fully saturated rings. The van der Waals surface area contributed by atoms with Crippen LogP contribution in [-0.2, 0) is 7.05 Å². The number of nitrogens with one attached hydrogen (secondary N) is 1. The molecule has 7 nitrogen and oxygen atoms in total. The molecule has 12 heteroatoms. The topological polar surface area (TPSA) is 78.2 Å². The summed E-state index contributed by atoms with van der Waals surface area (Å²) >= 11 is 0. The number of carbonyl (C=O) groups is 1. The van der Waals surface area contributed by atoms with Crippen molar-refractivity contribution in [2.75, 3.05) is 12.0 Å². The van der Waals surface area contributed by atoms with E-state index in [4.69, 9.17) is 4.74 Å². The van der Waals surface area contributed by atoms with Crippen LogP contribution in [0.25, 0.3) is 5.69 Å². The largest absolute Gasteiger partial charge is 0.481 e. The van der Waals surface area contributed by atoms with E-state index >= 15 is 4.39 Å². The van der Waals surface area contributed by atoms with E-state index in [1.807, 2.05) is 0 Å². The summed E-state index contributed by atoms with van der Waals surface area (Å²) in [7, 11) is 1.48. The van der Waals surface area contributed by atoms with Gasteiger partial charge in [0.25, 0.3) is 12.3 Å². The van der Waals surface area contributed by atoms with Gasteiger partial charge in [0, 0.05) is 19.0 Å². The molecular formula is C24H23F5N4O3. The molecule has 1 aliphatic rings. The highest BCUT2D eigenvalue weighted by Gasteiger charge is 2.30. The van der Waals surface area contributed by atoms with Crippen molar-refractivity contribution < 1.29 is 31.5 Å². The van der Waals surface area contributed by atoms with Gasteiger partial charge in [0.1, 0.15) is 35.6 Å². The number of carbonyl (C=O) groups excluding carboxylic acids is 1. The van der Waals surface area contributed by atoms with Crippen LogP contribution in [0.5, 0.6) is 5.75 Å². The molecule has 1 saturated carbocycles. The van der Waals surface area contributed by atoms with Crippen molar-refractivity contribution in [1.82, 2.24) is 14.3 Å². The van der Waals surface area contributed by atoms with E-state index in [0.29, 0.717) is 17.5 Å². The number of rotatable bonds is 8. The fourth-order valence-corrected chi connectivity index (χ4v) is 3.90. The Balaban J connectivity index is 1.80. The number of hydrogen-bond acceptors (Lipinski definition) is 4. The Morgan fingerprint density at radius 3 is 2.53 bits per heavy atom. The van der Waals surface area contributed by atoms with Crippen LogP contribution in [0.1, 0.15) is 46.9 Å². The second-order valence-corrected chi connectivity index (χ2v) is 8.57. The number of alkyl halides is 3. The molecule has 4 rings (SSSR count). The summed E-state index contributed by atoms with van der Waals surface area (Å²) in [6.07, 6.45) is -2.96. The average Bonchev–Trinajstić information content (AvgIpc) is 3.08. The van der Waals surface area contributed by atoms with Crippen LogP contribution in [0.2, 0.25) is 0 Å². The number of ether oxygens (including phenoxy) is 1. The first-order chi connectivity index (χ1) is 17.1. The monoisotopic (exact) mass is 510 g/mol. The molecule has 0 radical (unpaired) electrons. The van der Waals surface area contributed by atoms with Crippen LogP contribution in [0, 0.1) is 18.6 Å². The zero-order valence-electron chi connectivity index (χ0n) is 19.4. The maximum absolute atomic E-state index is 15.2. The van der Waals surface area contributed by atoms with Gasteiger partial charge in [-0.3, -0.25) is 9.36 Å². The van der Waals surface area contributed by atoms with E-state index in [9.17, 15) is 27.2 Å².